The lowest BCUT2D eigenvalue weighted by Gasteiger charge is -2.34. The second kappa shape index (κ2) is 12.5. The quantitative estimate of drug-likeness (QED) is 0.195. The molecule has 3 heteroatoms. The van der Waals surface area contributed by atoms with E-state index in [1.54, 1.807) is 0 Å². The Hall–Kier alpha value is -6.68. The highest BCUT2D eigenvalue weighted by Crippen LogP contribution is 2.43. The van der Waals surface area contributed by atoms with E-state index in [4.69, 9.17) is 4.42 Å². The van der Waals surface area contributed by atoms with Crippen molar-refractivity contribution in [3.05, 3.63) is 205 Å². The number of allylic oxidation sites excluding steroid dienone is 2. The smallest absolute Gasteiger partial charge is 0.159 e. The van der Waals surface area contributed by atoms with Crippen LogP contribution in [-0.4, -0.2) is 10.6 Å². The van der Waals surface area contributed by atoms with Gasteiger partial charge in [0.15, 0.2) is 5.58 Å². The Labute approximate surface area is 313 Å². The first-order valence-corrected chi connectivity index (χ1v) is 18.8. The summed E-state index contributed by atoms with van der Waals surface area (Å²) in [7, 11) is 0. The summed E-state index contributed by atoms with van der Waals surface area (Å²) < 4.78 is 9.41. The number of hydrogen-bond acceptors (Lipinski definition) is 2. The summed E-state index contributed by atoms with van der Waals surface area (Å²) in [5.74, 6) is 0. The second-order valence-electron chi connectivity index (χ2n) is 14.5. The number of fused-ring (bicyclic) bond motifs is 7. The molecule has 1 aliphatic heterocycles. The maximum absolute atomic E-state index is 7.00. The van der Waals surface area contributed by atoms with Gasteiger partial charge in [-0.15, -0.1) is 0 Å². The zero-order valence-electron chi connectivity index (χ0n) is 29.6. The minimum atomic E-state index is 0.146. The van der Waals surface area contributed by atoms with Gasteiger partial charge in [-0.3, -0.25) is 5.32 Å². The molecule has 1 N–H and O–H groups in total. The molecular weight excluding hydrogens is 657 g/mol. The van der Waals surface area contributed by atoms with Gasteiger partial charge in [0.05, 0.1) is 22.8 Å². The standard InChI is InChI=1S/C51H36N2O/c1-4-13-33(14-5-1)36-23-26-40-41-27-24-37(34-15-6-2-7-16-34)30-49(41)53(48(40)29-36)47-22-12-20-43-42-28-25-38(31-50(42)54-51(43)47)46-32-44(35-17-8-3-9-18-35)39-19-10-11-21-45(39)52-46/h1-31,45-46,52H,32H2/t45?,46-/m0/s1. The van der Waals surface area contributed by atoms with E-state index in [1.165, 1.54) is 55.3 Å². The predicted molar refractivity (Wildman–Crippen MR) is 225 cm³/mol. The molecular formula is C51H36N2O. The van der Waals surface area contributed by atoms with Crippen molar-refractivity contribution in [2.75, 3.05) is 0 Å². The van der Waals surface area contributed by atoms with Crippen molar-refractivity contribution in [1.29, 1.82) is 0 Å². The van der Waals surface area contributed by atoms with Gasteiger partial charge >= 0.3 is 0 Å². The normalized spacial score (nSPS) is 16.9. The fourth-order valence-electron chi connectivity index (χ4n) is 8.80. The fourth-order valence-corrected chi connectivity index (χ4v) is 8.80. The summed E-state index contributed by atoms with van der Waals surface area (Å²) in [4.78, 5) is 0. The van der Waals surface area contributed by atoms with Gasteiger partial charge in [0, 0.05) is 27.6 Å². The van der Waals surface area contributed by atoms with Crippen molar-refractivity contribution in [3.8, 4) is 27.9 Å². The molecule has 0 saturated carbocycles. The number of nitrogens with zero attached hydrogens (tertiary/aromatic N) is 1. The first-order valence-electron chi connectivity index (χ1n) is 18.8. The van der Waals surface area contributed by atoms with E-state index >= 15 is 0 Å². The summed E-state index contributed by atoms with van der Waals surface area (Å²) in [5, 5.41) is 8.62. The largest absolute Gasteiger partial charge is 0.454 e. The van der Waals surface area contributed by atoms with Crippen LogP contribution in [0.3, 0.4) is 0 Å². The Balaban J connectivity index is 1.09. The van der Waals surface area contributed by atoms with Crippen LogP contribution in [0.4, 0.5) is 0 Å². The molecule has 2 atom stereocenters. The average molecular weight is 693 g/mol. The summed E-state index contributed by atoms with van der Waals surface area (Å²) in [6, 6.07) is 59.5. The molecule has 0 fully saturated rings. The summed E-state index contributed by atoms with van der Waals surface area (Å²) >= 11 is 0. The number of benzene rings is 7. The maximum Gasteiger partial charge on any atom is 0.159 e. The molecule has 0 saturated heterocycles. The van der Waals surface area contributed by atoms with E-state index in [0.29, 0.717) is 0 Å². The molecule has 7 aromatic carbocycles. The van der Waals surface area contributed by atoms with Gasteiger partial charge in [-0.05, 0) is 75.2 Å². The Kier molecular flexibility index (Phi) is 7.14. The number of aromatic nitrogens is 1. The minimum absolute atomic E-state index is 0.146. The SMILES string of the molecule is C1=CC2=C(c3ccccc3)C[C@@H](c3ccc4c(c3)oc3c(-n5c6cc(-c7ccccc7)ccc6c6ccc(-c7ccccc7)cc65)cccc34)NC2C=C1. The monoisotopic (exact) mass is 692 g/mol. The lowest BCUT2D eigenvalue weighted by molar-refractivity contribution is 0.504. The Morgan fingerprint density at radius 1 is 0.519 bits per heavy atom. The summed E-state index contributed by atoms with van der Waals surface area (Å²) in [5.41, 5.74) is 15.2. The highest BCUT2D eigenvalue weighted by molar-refractivity contribution is 6.14. The topological polar surface area (TPSA) is 30.1 Å². The molecule has 9 aromatic rings. The van der Waals surface area contributed by atoms with E-state index in [9.17, 15) is 0 Å². The molecule has 0 spiro atoms. The van der Waals surface area contributed by atoms with Gasteiger partial charge in [0.2, 0.25) is 0 Å². The van der Waals surface area contributed by atoms with Crippen molar-refractivity contribution >= 4 is 49.3 Å². The highest BCUT2D eigenvalue weighted by atomic mass is 16.3. The molecule has 3 nitrogen and oxygen atoms in total. The lowest BCUT2D eigenvalue weighted by atomic mass is 9.82. The van der Waals surface area contributed by atoms with Crippen LogP contribution in [0.25, 0.3) is 77.3 Å². The van der Waals surface area contributed by atoms with Crippen LogP contribution in [0.1, 0.15) is 23.6 Å². The van der Waals surface area contributed by atoms with E-state index in [0.717, 1.165) is 45.1 Å². The average Bonchev–Trinajstić information content (AvgIpc) is 3.79. The fraction of sp³-hybridized carbons (Fsp3) is 0.0588. The minimum Gasteiger partial charge on any atom is -0.454 e. The van der Waals surface area contributed by atoms with Crippen LogP contribution in [-0.2, 0) is 0 Å². The van der Waals surface area contributed by atoms with Crippen LogP contribution in [0.15, 0.2) is 198 Å². The second-order valence-corrected chi connectivity index (χ2v) is 14.5. The zero-order chi connectivity index (χ0) is 35.6. The third-order valence-corrected chi connectivity index (χ3v) is 11.4. The summed E-state index contributed by atoms with van der Waals surface area (Å²) in [6.45, 7) is 0. The molecule has 1 unspecified atom stereocenters. The third kappa shape index (κ3) is 5.01. The summed E-state index contributed by atoms with van der Waals surface area (Å²) in [6.07, 6.45) is 9.74. The Morgan fingerprint density at radius 3 is 1.81 bits per heavy atom. The van der Waals surface area contributed by atoms with Gasteiger partial charge in [0.25, 0.3) is 0 Å². The number of para-hydroxylation sites is 1. The van der Waals surface area contributed by atoms with Crippen LogP contribution in [0.2, 0.25) is 0 Å². The maximum atomic E-state index is 7.00. The Bertz CT molecular complexity index is 2880. The van der Waals surface area contributed by atoms with Gasteiger partial charge in [-0.2, -0.15) is 0 Å². The molecule has 11 rings (SSSR count). The van der Waals surface area contributed by atoms with Crippen LogP contribution in [0.5, 0.6) is 0 Å². The molecule has 2 aromatic heterocycles. The van der Waals surface area contributed by atoms with Crippen LogP contribution in [0, 0.1) is 0 Å². The van der Waals surface area contributed by atoms with Crippen molar-refractivity contribution in [2.45, 2.75) is 18.5 Å². The van der Waals surface area contributed by atoms with E-state index in [1.807, 2.05) is 0 Å². The molecule has 256 valence electrons. The third-order valence-electron chi connectivity index (χ3n) is 11.4. The molecule has 1 aliphatic carbocycles. The molecule has 0 bridgehead atoms. The van der Waals surface area contributed by atoms with Crippen molar-refractivity contribution in [3.63, 3.8) is 0 Å². The predicted octanol–water partition coefficient (Wildman–Crippen LogP) is 13.0. The lowest BCUT2D eigenvalue weighted by Crippen LogP contribution is -2.37. The molecule has 3 heterocycles. The van der Waals surface area contributed by atoms with Crippen molar-refractivity contribution < 1.29 is 4.42 Å². The van der Waals surface area contributed by atoms with Gasteiger partial charge in [0.1, 0.15) is 5.58 Å². The number of hydrogen-bond donors (Lipinski definition) is 1. The van der Waals surface area contributed by atoms with Crippen LogP contribution < -0.4 is 5.32 Å². The van der Waals surface area contributed by atoms with Crippen molar-refractivity contribution in [1.82, 2.24) is 9.88 Å². The van der Waals surface area contributed by atoms with Crippen LogP contribution >= 0.6 is 0 Å². The Morgan fingerprint density at radius 2 is 1.15 bits per heavy atom. The molecule has 54 heavy (non-hydrogen) atoms. The number of nitrogens with one attached hydrogen (secondary N) is 1. The number of furan rings is 1. The van der Waals surface area contributed by atoms with Gasteiger partial charge in [-0.25, -0.2) is 0 Å². The molecule has 2 aliphatic rings. The first-order chi connectivity index (χ1) is 26.8. The van der Waals surface area contributed by atoms with Gasteiger partial charge < -0.3 is 8.98 Å². The highest BCUT2D eigenvalue weighted by Gasteiger charge is 2.29. The first kappa shape index (κ1) is 30.9. The van der Waals surface area contributed by atoms with E-state index in [-0.39, 0.29) is 12.1 Å². The van der Waals surface area contributed by atoms with E-state index < -0.39 is 0 Å². The molecule has 0 radical (unpaired) electrons. The van der Waals surface area contributed by atoms with Gasteiger partial charge in [-0.1, -0.05) is 164 Å². The zero-order valence-corrected chi connectivity index (χ0v) is 29.6. The number of rotatable bonds is 5. The van der Waals surface area contributed by atoms with E-state index in [2.05, 4.69) is 198 Å². The molecule has 0 amide bonds. The van der Waals surface area contributed by atoms with Crippen molar-refractivity contribution in [2.24, 2.45) is 0 Å².